The summed E-state index contributed by atoms with van der Waals surface area (Å²) in [6, 6.07) is 0. The summed E-state index contributed by atoms with van der Waals surface area (Å²) >= 11 is 0. The van der Waals surface area contributed by atoms with Crippen molar-refractivity contribution in [2.75, 3.05) is 14.2 Å². The van der Waals surface area contributed by atoms with Crippen molar-refractivity contribution in [2.24, 2.45) is 22.2 Å². The quantitative estimate of drug-likeness (QED) is 0.394. The molecular formula is C25H44O6S. The smallest absolute Gasteiger partial charge is 0.295 e. The summed E-state index contributed by atoms with van der Waals surface area (Å²) in [5, 5.41) is 11.4. The summed E-state index contributed by atoms with van der Waals surface area (Å²) in [6.45, 7) is 20.6. The van der Waals surface area contributed by atoms with Crippen LogP contribution in [0.4, 0.5) is 0 Å². The maximum absolute atomic E-state index is 12.7. The molecule has 2 N–H and O–H groups in total. The van der Waals surface area contributed by atoms with Gasteiger partial charge in [-0.25, -0.2) is 0 Å². The molecule has 0 bridgehead atoms. The lowest BCUT2D eigenvalue weighted by molar-refractivity contribution is 0.0750. The Bertz CT molecular complexity index is 921. The number of ether oxygens (including phenoxy) is 2. The minimum atomic E-state index is -4.68. The molecule has 0 aliphatic heterocycles. The number of phenolic OH excluding ortho intramolecular Hbond substituents is 1. The van der Waals surface area contributed by atoms with E-state index in [0.29, 0.717) is 5.92 Å². The van der Waals surface area contributed by atoms with Crippen LogP contribution in [0.1, 0.15) is 92.2 Å². The topological polar surface area (TPSA) is 93.1 Å². The van der Waals surface area contributed by atoms with E-state index in [0.717, 1.165) is 12.8 Å². The molecule has 0 spiro atoms. The fraction of sp³-hybridized carbons (Fsp3) is 0.760. The van der Waals surface area contributed by atoms with Crippen molar-refractivity contribution in [1.29, 1.82) is 0 Å². The molecule has 0 aliphatic rings. The number of aromatic hydroxyl groups is 1. The average Bonchev–Trinajstić information content (AvgIpc) is 2.51. The van der Waals surface area contributed by atoms with E-state index in [4.69, 9.17) is 9.47 Å². The fourth-order valence-electron chi connectivity index (χ4n) is 6.33. The van der Waals surface area contributed by atoms with Crippen LogP contribution < -0.4 is 9.47 Å². The maximum atomic E-state index is 12.7. The van der Waals surface area contributed by atoms with E-state index in [1.54, 1.807) is 6.92 Å². The highest BCUT2D eigenvalue weighted by Gasteiger charge is 2.48. The summed E-state index contributed by atoms with van der Waals surface area (Å²) < 4.78 is 46.6. The molecule has 0 aliphatic carbocycles. The van der Waals surface area contributed by atoms with Crippen LogP contribution in [0.15, 0.2) is 4.90 Å². The van der Waals surface area contributed by atoms with Crippen LogP contribution in [-0.2, 0) is 10.1 Å². The van der Waals surface area contributed by atoms with E-state index in [1.807, 2.05) is 0 Å². The third kappa shape index (κ3) is 6.10. The Kier molecular flexibility index (Phi) is 8.40. The Morgan fingerprint density at radius 1 is 0.906 bits per heavy atom. The molecule has 0 radical (unpaired) electrons. The minimum absolute atomic E-state index is 0.0465. The molecule has 6 nitrogen and oxygen atoms in total. The largest absolute Gasteiger partial charge is 0.504 e. The lowest BCUT2D eigenvalue weighted by Gasteiger charge is -2.49. The molecule has 0 heterocycles. The van der Waals surface area contributed by atoms with E-state index < -0.39 is 26.9 Å². The number of methoxy groups -OCH3 is 2. The third-order valence-electron chi connectivity index (χ3n) is 6.04. The van der Waals surface area contributed by atoms with Gasteiger partial charge in [-0.05, 0) is 47.8 Å². The number of hydrogen-bond donors (Lipinski definition) is 2. The molecule has 1 rings (SSSR count). The normalized spacial score (nSPS) is 14.6. The lowest BCUT2D eigenvalue weighted by Crippen LogP contribution is -2.38. The second-order valence-electron chi connectivity index (χ2n) is 12.0. The molecule has 0 aromatic heterocycles. The molecule has 0 saturated carbocycles. The van der Waals surface area contributed by atoms with Crippen molar-refractivity contribution in [2.45, 2.75) is 92.9 Å². The van der Waals surface area contributed by atoms with E-state index in [-0.39, 0.29) is 38.7 Å². The molecule has 186 valence electrons. The van der Waals surface area contributed by atoms with Crippen LogP contribution in [0.3, 0.4) is 0 Å². The van der Waals surface area contributed by atoms with Gasteiger partial charge < -0.3 is 14.6 Å². The van der Waals surface area contributed by atoms with Crippen LogP contribution in [-0.4, -0.2) is 32.3 Å². The van der Waals surface area contributed by atoms with Gasteiger partial charge in [0.2, 0.25) is 5.75 Å². The van der Waals surface area contributed by atoms with Gasteiger partial charge in [0, 0.05) is 11.1 Å². The predicted molar refractivity (Wildman–Crippen MR) is 130 cm³/mol. The van der Waals surface area contributed by atoms with Crippen molar-refractivity contribution < 1.29 is 27.6 Å². The molecular weight excluding hydrogens is 428 g/mol. The summed E-state index contributed by atoms with van der Waals surface area (Å²) in [6.07, 6.45) is 1.56. The van der Waals surface area contributed by atoms with E-state index in [9.17, 15) is 18.1 Å². The maximum Gasteiger partial charge on any atom is 0.295 e. The zero-order valence-electron chi connectivity index (χ0n) is 22.0. The van der Waals surface area contributed by atoms with Gasteiger partial charge in [0.25, 0.3) is 10.1 Å². The highest BCUT2D eigenvalue weighted by molar-refractivity contribution is 7.86. The number of phenols is 1. The summed E-state index contributed by atoms with van der Waals surface area (Å²) in [4.78, 5) is -0.295. The van der Waals surface area contributed by atoms with Crippen molar-refractivity contribution in [3.63, 3.8) is 0 Å². The Balaban J connectivity index is 4.26. The van der Waals surface area contributed by atoms with Gasteiger partial charge in [-0.1, -0.05) is 62.3 Å². The Hall–Kier alpha value is -1.47. The third-order valence-corrected chi connectivity index (χ3v) is 7.08. The van der Waals surface area contributed by atoms with Crippen LogP contribution >= 0.6 is 0 Å². The van der Waals surface area contributed by atoms with Crippen molar-refractivity contribution in [3.8, 4) is 17.2 Å². The Labute approximate surface area is 195 Å². The van der Waals surface area contributed by atoms with Crippen molar-refractivity contribution in [3.05, 3.63) is 11.1 Å². The molecule has 1 atom stereocenters. The first-order chi connectivity index (χ1) is 14.2. The fourth-order valence-corrected chi connectivity index (χ4v) is 7.30. The van der Waals surface area contributed by atoms with Gasteiger partial charge in [0.15, 0.2) is 11.5 Å². The van der Waals surface area contributed by atoms with Gasteiger partial charge in [-0.2, -0.15) is 8.42 Å². The molecule has 1 unspecified atom stereocenters. The van der Waals surface area contributed by atoms with Gasteiger partial charge in [-0.3, -0.25) is 4.55 Å². The summed E-state index contributed by atoms with van der Waals surface area (Å²) in [5.41, 5.74) is -0.472. The van der Waals surface area contributed by atoms with Gasteiger partial charge in [0.1, 0.15) is 4.90 Å². The van der Waals surface area contributed by atoms with Crippen LogP contribution in [0.2, 0.25) is 0 Å². The van der Waals surface area contributed by atoms with Crippen LogP contribution in [0.5, 0.6) is 17.2 Å². The Morgan fingerprint density at radius 2 is 1.38 bits per heavy atom. The second-order valence-corrected chi connectivity index (χ2v) is 13.4. The van der Waals surface area contributed by atoms with Crippen LogP contribution in [0.25, 0.3) is 0 Å². The summed E-state index contributed by atoms with van der Waals surface area (Å²) in [7, 11) is -1.90. The molecule has 0 amide bonds. The Morgan fingerprint density at radius 3 is 1.72 bits per heavy atom. The van der Waals surface area contributed by atoms with Crippen molar-refractivity contribution >= 4 is 10.1 Å². The van der Waals surface area contributed by atoms with Crippen molar-refractivity contribution in [1.82, 2.24) is 0 Å². The lowest BCUT2D eigenvalue weighted by atomic mass is 9.56. The number of hydrogen-bond acceptors (Lipinski definition) is 5. The number of benzene rings is 1. The molecule has 0 fully saturated rings. The van der Waals surface area contributed by atoms with Gasteiger partial charge >= 0.3 is 0 Å². The summed E-state index contributed by atoms with van der Waals surface area (Å²) in [5.74, 6) is -0.200. The minimum Gasteiger partial charge on any atom is -0.504 e. The van der Waals surface area contributed by atoms with E-state index in [1.165, 1.54) is 14.2 Å². The highest BCUT2D eigenvalue weighted by Crippen LogP contribution is 2.60. The molecule has 1 aromatic rings. The van der Waals surface area contributed by atoms with E-state index in [2.05, 4.69) is 62.3 Å². The monoisotopic (exact) mass is 472 g/mol. The SMILES string of the molecule is COc1c(C)c(S(=O)(=O)O)c(C(C(C)(C)CC(C)C)C(C)(C)CC(C)(C)C)c(O)c1OC. The molecule has 7 heteroatoms. The van der Waals surface area contributed by atoms with E-state index >= 15 is 0 Å². The van der Waals surface area contributed by atoms with Gasteiger partial charge in [-0.15, -0.1) is 0 Å². The zero-order chi connectivity index (χ0) is 25.4. The highest BCUT2D eigenvalue weighted by atomic mass is 32.2. The average molecular weight is 473 g/mol. The second kappa shape index (κ2) is 9.41. The first-order valence-corrected chi connectivity index (χ1v) is 12.6. The van der Waals surface area contributed by atoms with Gasteiger partial charge in [0.05, 0.1) is 14.2 Å². The van der Waals surface area contributed by atoms with Crippen LogP contribution in [0, 0.1) is 29.1 Å². The standard InChI is InChI=1S/C25H44O6S/c1-15(2)13-24(7,8)22(25(9,10)14-23(4,5)6)17-18(26)20(31-12)19(30-11)16(3)21(17)32(27,28)29/h15,22,26H,13-14H2,1-12H3,(H,27,28,29). The first-order valence-electron chi connectivity index (χ1n) is 11.2. The molecule has 0 saturated heterocycles. The first kappa shape index (κ1) is 28.6. The molecule has 1 aromatic carbocycles. The zero-order valence-corrected chi connectivity index (χ0v) is 22.8. The molecule has 32 heavy (non-hydrogen) atoms. The predicted octanol–water partition coefficient (Wildman–Crippen LogP) is 6.58. The number of rotatable bonds is 9.